The number of piperidine rings is 1. The van der Waals surface area contributed by atoms with Crippen molar-refractivity contribution in [2.45, 2.75) is 32.4 Å². The van der Waals surface area contributed by atoms with E-state index in [2.05, 4.69) is 15.6 Å². The number of nitrogens with one attached hydrogen (secondary N) is 1. The van der Waals surface area contributed by atoms with Crippen LogP contribution in [0.4, 0.5) is 0 Å². The fourth-order valence-electron chi connectivity index (χ4n) is 4.06. The standard InChI is InChI=1S/C22H18ClN5O3/c1-12-3-2-4-16(20(12)23)17-11-28(26-25-17)14-5-6-15-13(9-14)10-27(22(15)31)18-7-8-19(29)24-21(18)30/h2-6,9,11,18H,7-8,10H2,1H3,(H,24,29,30). The molecule has 3 aromatic rings. The van der Waals surface area contributed by atoms with Crippen LogP contribution in [0.5, 0.6) is 0 Å². The number of hydrogen-bond acceptors (Lipinski definition) is 5. The number of carbonyl (C=O) groups is 3. The predicted octanol–water partition coefficient (Wildman–Crippen LogP) is 2.66. The van der Waals surface area contributed by atoms with Crippen molar-refractivity contribution in [1.82, 2.24) is 25.2 Å². The molecule has 1 N–H and O–H groups in total. The lowest BCUT2D eigenvalue weighted by Gasteiger charge is -2.29. The van der Waals surface area contributed by atoms with Crippen molar-refractivity contribution in [1.29, 1.82) is 0 Å². The zero-order valence-corrected chi connectivity index (χ0v) is 17.4. The van der Waals surface area contributed by atoms with E-state index < -0.39 is 11.9 Å². The first-order valence-corrected chi connectivity index (χ1v) is 10.3. The quantitative estimate of drug-likeness (QED) is 0.638. The van der Waals surface area contributed by atoms with Crippen LogP contribution in [0, 0.1) is 6.92 Å². The van der Waals surface area contributed by atoms with E-state index in [0.29, 0.717) is 29.2 Å². The van der Waals surface area contributed by atoms with Crippen LogP contribution in [0.3, 0.4) is 0 Å². The molecule has 1 atom stereocenters. The molecule has 0 radical (unpaired) electrons. The van der Waals surface area contributed by atoms with Gasteiger partial charge in [0.25, 0.3) is 5.91 Å². The molecule has 31 heavy (non-hydrogen) atoms. The molecule has 0 bridgehead atoms. The maximum absolute atomic E-state index is 12.8. The van der Waals surface area contributed by atoms with E-state index >= 15 is 0 Å². The molecule has 1 saturated heterocycles. The average molecular weight is 436 g/mol. The number of carbonyl (C=O) groups excluding carboxylic acids is 3. The first-order valence-electron chi connectivity index (χ1n) is 9.88. The van der Waals surface area contributed by atoms with E-state index in [1.54, 1.807) is 23.0 Å². The molecule has 3 heterocycles. The van der Waals surface area contributed by atoms with Gasteiger partial charge in [0.05, 0.1) is 16.9 Å². The maximum Gasteiger partial charge on any atom is 0.255 e. The second kappa shape index (κ2) is 7.31. The van der Waals surface area contributed by atoms with Crippen molar-refractivity contribution in [3.05, 3.63) is 64.3 Å². The monoisotopic (exact) mass is 435 g/mol. The second-order valence-corrected chi connectivity index (χ2v) is 8.10. The molecule has 0 spiro atoms. The summed E-state index contributed by atoms with van der Waals surface area (Å²) in [5, 5.41) is 11.4. The average Bonchev–Trinajstić information content (AvgIpc) is 3.35. The summed E-state index contributed by atoms with van der Waals surface area (Å²) in [6, 6.07) is 10.5. The Labute approximate surface area is 182 Å². The van der Waals surface area contributed by atoms with Gasteiger partial charge in [-0.3, -0.25) is 19.7 Å². The Bertz CT molecular complexity index is 1250. The number of amides is 3. The van der Waals surface area contributed by atoms with Crippen molar-refractivity contribution in [2.75, 3.05) is 0 Å². The fourth-order valence-corrected chi connectivity index (χ4v) is 4.28. The molecule has 2 aliphatic heterocycles. The number of halogens is 1. The van der Waals surface area contributed by atoms with Gasteiger partial charge in [0.1, 0.15) is 11.7 Å². The first-order chi connectivity index (χ1) is 14.9. The van der Waals surface area contributed by atoms with Crippen molar-refractivity contribution >= 4 is 29.3 Å². The van der Waals surface area contributed by atoms with Gasteiger partial charge in [-0.2, -0.15) is 0 Å². The summed E-state index contributed by atoms with van der Waals surface area (Å²) in [7, 11) is 0. The maximum atomic E-state index is 12.8. The minimum atomic E-state index is -0.637. The van der Waals surface area contributed by atoms with Gasteiger partial charge in [0.15, 0.2) is 0 Å². The molecule has 1 aromatic heterocycles. The van der Waals surface area contributed by atoms with Crippen LogP contribution in [-0.4, -0.2) is 43.7 Å². The zero-order chi connectivity index (χ0) is 21.7. The number of fused-ring (bicyclic) bond motifs is 1. The van der Waals surface area contributed by atoms with Crippen molar-refractivity contribution in [2.24, 2.45) is 0 Å². The summed E-state index contributed by atoms with van der Waals surface area (Å²) < 4.78 is 1.63. The molecule has 156 valence electrons. The molecular weight excluding hydrogens is 418 g/mol. The van der Waals surface area contributed by atoms with Gasteiger partial charge in [-0.1, -0.05) is 35.0 Å². The van der Waals surface area contributed by atoms with Crippen molar-refractivity contribution < 1.29 is 14.4 Å². The van der Waals surface area contributed by atoms with E-state index in [0.717, 1.165) is 22.4 Å². The lowest BCUT2D eigenvalue weighted by atomic mass is 10.0. The SMILES string of the molecule is Cc1cccc(-c2cn(-c3ccc4c(c3)CN(C3CCC(=O)NC3=O)C4=O)nn2)c1Cl. The third-order valence-electron chi connectivity index (χ3n) is 5.73. The number of aromatic nitrogens is 3. The topological polar surface area (TPSA) is 97.2 Å². The summed E-state index contributed by atoms with van der Waals surface area (Å²) in [5.74, 6) is -0.932. The molecule has 1 fully saturated rings. The van der Waals surface area contributed by atoms with E-state index in [1.165, 1.54) is 4.90 Å². The third-order valence-corrected chi connectivity index (χ3v) is 6.23. The number of nitrogens with zero attached hydrogens (tertiary/aromatic N) is 4. The number of aryl methyl sites for hydroxylation is 1. The lowest BCUT2D eigenvalue weighted by Crippen LogP contribution is -2.52. The summed E-state index contributed by atoms with van der Waals surface area (Å²) >= 11 is 6.41. The Morgan fingerprint density at radius 1 is 1.13 bits per heavy atom. The fraction of sp³-hybridized carbons (Fsp3) is 0.227. The van der Waals surface area contributed by atoms with Gasteiger partial charge >= 0.3 is 0 Å². The number of benzene rings is 2. The second-order valence-electron chi connectivity index (χ2n) is 7.73. The molecular formula is C22H18ClN5O3. The van der Waals surface area contributed by atoms with Crippen LogP contribution in [0.25, 0.3) is 16.9 Å². The largest absolute Gasteiger partial charge is 0.322 e. The zero-order valence-electron chi connectivity index (χ0n) is 16.6. The Kier molecular flexibility index (Phi) is 4.59. The number of hydrogen-bond donors (Lipinski definition) is 1. The van der Waals surface area contributed by atoms with Crippen molar-refractivity contribution in [3.63, 3.8) is 0 Å². The van der Waals surface area contributed by atoms with Crippen LogP contribution >= 0.6 is 11.6 Å². The minimum absolute atomic E-state index is 0.207. The van der Waals surface area contributed by atoms with Gasteiger partial charge in [0, 0.05) is 24.1 Å². The third kappa shape index (κ3) is 3.29. The number of imide groups is 1. The molecule has 2 aromatic carbocycles. The van der Waals surface area contributed by atoms with Crippen LogP contribution in [0.2, 0.25) is 5.02 Å². The highest BCUT2D eigenvalue weighted by Gasteiger charge is 2.39. The minimum Gasteiger partial charge on any atom is -0.322 e. The highest BCUT2D eigenvalue weighted by molar-refractivity contribution is 6.34. The van der Waals surface area contributed by atoms with Crippen LogP contribution in [0.1, 0.15) is 34.3 Å². The van der Waals surface area contributed by atoms with Crippen LogP contribution in [-0.2, 0) is 16.1 Å². The Balaban J connectivity index is 1.42. The Morgan fingerprint density at radius 3 is 2.77 bits per heavy atom. The van der Waals surface area contributed by atoms with Gasteiger partial charge in [0.2, 0.25) is 11.8 Å². The molecule has 0 aliphatic carbocycles. The molecule has 5 rings (SSSR count). The molecule has 1 unspecified atom stereocenters. The normalized spacial score (nSPS) is 18.3. The van der Waals surface area contributed by atoms with E-state index in [4.69, 9.17) is 11.6 Å². The van der Waals surface area contributed by atoms with Gasteiger partial charge in [-0.25, -0.2) is 4.68 Å². The van der Waals surface area contributed by atoms with E-state index in [1.807, 2.05) is 31.2 Å². The van der Waals surface area contributed by atoms with Crippen molar-refractivity contribution in [3.8, 4) is 16.9 Å². The van der Waals surface area contributed by atoms with Crippen LogP contribution < -0.4 is 5.32 Å². The Morgan fingerprint density at radius 2 is 1.97 bits per heavy atom. The Hall–Kier alpha value is -3.52. The van der Waals surface area contributed by atoms with Gasteiger partial charge in [-0.05, 0) is 42.7 Å². The smallest absolute Gasteiger partial charge is 0.255 e. The lowest BCUT2D eigenvalue weighted by molar-refractivity contribution is -0.136. The number of rotatable bonds is 3. The summed E-state index contributed by atoms with van der Waals surface area (Å²) in [4.78, 5) is 38.0. The summed E-state index contributed by atoms with van der Waals surface area (Å²) in [6.07, 6.45) is 2.35. The first kappa shape index (κ1) is 19.4. The predicted molar refractivity (Wildman–Crippen MR) is 113 cm³/mol. The molecule has 8 nitrogen and oxygen atoms in total. The molecule has 3 amide bonds. The van der Waals surface area contributed by atoms with E-state index in [-0.39, 0.29) is 18.2 Å². The van der Waals surface area contributed by atoms with Gasteiger partial charge < -0.3 is 4.90 Å². The van der Waals surface area contributed by atoms with Crippen LogP contribution in [0.15, 0.2) is 42.6 Å². The summed E-state index contributed by atoms with van der Waals surface area (Å²) in [6.45, 7) is 2.24. The molecule has 2 aliphatic rings. The van der Waals surface area contributed by atoms with Gasteiger partial charge in [-0.15, -0.1) is 5.10 Å². The molecule has 9 heteroatoms. The molecule has 0 saturated carbocycles. The summed E-state index contributed by atoms with van der Waals surface area (Å²) in [5.41, 5.74) is 4.51. The highest BCUT2D eigenvalue weighted by atomic mass is 35.5. The van der Waals surface area contributed by atoms with E-state index in [9.17, 15) is 14.4 Å². The highest BCUT2D eigenvalue weighted by Crippen LogP contribution is 2.31.